The molecule has 0 spiro atoms. The highest BCUT2D eigenvalue weighted by Gasteiger charge is 2.09. The van der Waals surface area contributed by atoms with Gasteiger partial charge in [-0.1, -0.05) is 24.3 Å². The number of carbonyl (C=O) groups excluding carboxylic acids is 1. The summed E-state index contributed by atoms with van der Waals surface area (Å²) < 4.78 is 5.25. The molecule has 4 nitrogen and oxygen atoms in total. The summed E-state index contributed by atoms with van der Waals surface area (Å²) in [5.74, 6) is 0.607. The fraction of sp³-hybridized carbons (Fsp3) is 0.235. The second kappa shape index (κ2) is 6.79. The standard InChI is InChI=1S/C17H20N2O2/c1-12-7-9-16(21-2)15(11-12)19-17(20)10-8-13-5-3-4-6-14(13)18/h3-7,9,11H,8,10,18H2,1-2H3,(H,19,20). The molecule has 0 atom stereocenters. The fourth-order valence-corrected chi connectivity index (χ4v) is 2.14. The average molecular weight is 284 g/mol. The molecule has 0 saturated heterocycles. The summed E-state index contributed by atoms with van der Waals surface area (Å²) in [7, 11) is 1.59. The van der Waals surface area contributed by atoms with Gasteiger partial charge in [0.25, 0.3) is 0 Å². The Morgan fingerprint density at radius 3 is 2.71 bits per heavy atom. The molecule has 2 rings (SSSR count). The number of aryl methyl sites for hydroxylation is 2. The molecule has 3 N–H and O–H groups in total. The maximum atomic E-state index is 12.1. The van der Waals surface area contributed by atoms with E-state index in [1.165, 1.54) is 0 Å². The van der Waals surface area contributed by atoms with Gasteiger partial charge in [-0.3, -0.25) is 4.79 Å². The number of methoxy groups -OCH3 is 1. The number of nitrogens with two attached hydrogens (primary N) is 1. The minimum Gasteiger partial charge on any atom is -0.495 e. The summed E-state index contributed by atoms with van der Waals surface area (Å²) in [5, 5.41) is 2.89. The molecule has 1 amide bonds. The Morgan fingerprint density at radius 2 is 2.00 bits per heavy atom. The minimum absolute atomic E-state index is 0.0536. The first kappa shape index (κ1) is 14.9. The van der Waals surface area contributed by atoms with E-state index in [4.69, 9.17) is 10.5 Å². The normalized spacial score (nSPS) is 10.2. The molecule has 2 aromatic rings. The largest absolute Gasteiger partial charge is 0.495 e. The predicted molar refractivity (Wildman–Crippen MR) is 85.5 cm³/mol. The van der Waals surface area contributed by atoms with Crippen LogP contribution in [0.1, 0.15) is 17.5 Å². The third-order valence-corrected chi connectivity index (χ3v) is 3.31. The third kappa shape index (κ3) is 3.99. The molecule has 0 fully saturated rings. The van der Waals surface area contributed by atoms with Crippen molar-refractivity contribution in [3.8, 4) is 5.75 Å². The second-order valence-electron chi connectivity index (χ2n) is 4.95. The number of rotatable bonds is 5. The van der Waals surface area contributed by atoms with Gasteiger partial charge in [-0.25, -0.2) is 0 Å². The summed E-state index contributed by atoms with van der Waals surface area (Å²) in [6, 6.07) is 13.3. The highest BCUT2D eigenvalue weighted by atomic mass is 16.5. The smallest absolute Gasteiger partial charge is 0.224 e. The van der Waals surface area contributed by atoms with E-state index in [1.807, 2.05) is 49.4 Å². The van der Waals surface area contributed by atoms with Crippen LogP contribution in [-0.2, 0) is 11.2 Å². The lowest BCUT2D eigenvalue weighted by Crippen LogP contribution is -2.13. The van der Waals surface area contributed by atoms with Crippen LogP contribution in [0.2, 0.25) is 0 Å². The van der Waals surface area contributed by atoms with Crippen molar-refractivity contribution in [2.75, 3.05) is 18.2 Å². The van der Waals surface area contributed by atoms with Crippen molar-refractivity contribution in [2.45, 2.75) is 19.8 Å². The van der Waals surface area contributed by atoms with Gasteiger partial charge in [0, 0.05) is 12.1 Å². The van der Waals surface area contributed by atoms with Gasteiger partial charge in [0.1, 0.15) is 5.75 Å². The van der Waals surface area contributed by atoms with Gasteiger partial charge in [0.05, 0.1) is 12.8 Å². The van der Waals surface area contributed by atoms with Crippen LogP contribution in [0.4, 0.5) is 11.4 Å². The number of nitrogens with one attached hydrogen (secondary N) is 1. The lowest BCUT2D eigenvalue weighted by molar-refractivity contribution is -0.116. The molecule has 0 aliphatic carbocycles. The topological polar surface area (TPSA) is 64.3 Å². The molecule has 0 unspecified atom stereocenters. The molecular formula is C17H20N2O2. The summed E-state index contributed by atoms with van der Waals surface area (Å²) >= 11 is 0. The quantitative estimate of drug-likeness (QED) is 0.829. The molecule has 21 heavy (non-hydrogen) atoms. The fourth-order valence-electron chi connectivity index (χ4n) is 2.14. The Balaban J connectivity index is 1.99. The van der Waals surface area contributed by atoms with Crippen molar-refractivity contribution >= 4 is 17.3 Å². The number of hydrogen-bond donors (Lipinski definition) is 2. The number of hydrogen-bond acceptors (Lipinski definition) is 3. The van der Waals surface area contributed by atoms with E-state index >= 15 is 0 Å². The third-order valence-electron chi connectivity index (χ3n) is 3.31. The molecule has 0 saturated carbocycles. The number of benzene rings is 2. The van der Waals surface area contributed by atoms with Crippen LogP contribution >= 0.6 is 0 Å². The van der Waals surface area contributed by atoms with Gasteiger partial charge in [0.2, 0.25) is 5.91 Å². The Hall–Kier alpha value is -2.49. The molecule has 0 aliphatic heterocycles. The molecule has 2 aromatic carbocycles. The first-order valence-electron chi connectivity index (χ1n) is 6.88. The molecular weight excluding hydrogens is 264 g/mol. The SMILES string of the molecule is COc1ccc(C)cc1NC(=O)CCc1ccccc1N. The second-order valence-corrected chi connectivity index (χ2v) is 4.95. The summed E-state index contributed by atoms with van der Waals surface area (Å²) in [5.41, 5.74) is 9.35. The van der Waals surface area contributed by atoms with E-state index in [9.17, 15) is 4.79 Å². The highest BCUT2D eigenvalue weighted by Crippen LogP contribution is 2.25. The van der Waals surface area contributed by atoms with E-state index in [0.717, 1.165) is 16.8 Å². The van der Waals surface area contributed by atoms with Crippen LogP contribution in [0.25, 0.3) is 0 Å². The monoisotopic (exact) mass is 284 g/mol. The highest BCUT2D eigenvalue weighted by molar-refractivity contribution is 5.92. The number of ether oxygens (including phenoxy) is 1. The Labute approximate surface area is 124 Å². The van der Waals surface area contributed by atoms with Crippen LogP contribution < -0.4 is 15.8 Å². The number of amides is 1. The van der Waals surface area contributed by atoms with Gasteiger partial charge in [-0.05, 0) is 42.7 Å². The Morgan fingerprint density at radius 1 is 1.24 bits per heavy atom. The number of para-hydroxylation sites is 1. The zero-order valence-electron chi connectivity index (χ0n) is 12.3. The van der Waals surface area contributed by atoms with E-state index in [-0.39, 0.29) is 5.91 Å². The van der Waals surface area contributed by atoms with E-state index in [2.05, 4.69) is 5.32 Å². The van der Waals surface area contributed by atoms with Crippen LogP contribution in [0, 0.1) is 6.92 Å². The van der Waals surface area contributed by atoms with Gasteiger partial charge < -0.3 is 15.8 Å². The molecule has 110 valence electrons. The van der Waals surface area contributed by atoms with Crippen LogP contribution in [0.15, 0.2) is 42.5 Å². The summed E-state index contributed by atoms with van der Waals surface area (Å²) in [4.78, 5) is 12.1. The maximum absolute atomic E-state index is 12.1. The van der Waals surface area contributed by atoms with Crippen molar-refractivity contribution < 1.29 is 9.53 Å². The summed E-state index contributed by atoms with van der Waals surface area (Å²) in [6.45, 7) is 1.97. The van der Waals surface area contributed by atoms with Gasteiger partial charge in [-0.2, -0.15) is 0 Å². The van der Waals surface area contributed by atoms with E-state index in [0.29, 0.717) is 24.3 Å². The Kier molecular flexibility index (Phi) is 4.82. The van der Waals surface area contributed by atoms with Crippen molar-refractivity contribution in [2.24, 2.45) is 0 Å². The van der Waals surface area contributed by atoms with Crippen molar-refractivity contribution in [1.82, 2.24) is 0 Å². The molecule has 0 aromatic heterocycles. The van der Waals surface area contributed by atoms with Gasteiger partial charge >= 0.3 is 0 Å². The van der Waals surface area contributed by atoms with E-state index < -0.39 is 0 Å². The number of nitrogen functional groups attached to an aromatic ring is 1. The van der Waals surface area contributed by atoms with Crippen molar-refractivity contribution in [3.05, 3.63) is 53.6 Å². The molecule has 4 heteroatoms. The Bertz CT molecular complexity index is 638. The van der Waals surface area contributed by atoms with Crippen molar-refractivity contribution in [1.29, 1.82) is 0 Å². The zero-order chi connectivity index (χ0) is 15.2. The summed E-state index contributed by atoms with van der Waals surface area (Å²) in [6.07, 6.45) is 0.998. The maximum Gasteiger partial charge on any atom is 0.224 e. The van der Waals surface area contributed by atoms with Crippen LogP contribution in [-0.4, -0.2) is 13.0 Å². The van der Waals surface area contributed by atoms with Gasteiger partial charge in [0.15, 0.2) is 0 Å². The average Bonchev–Trinajstić information content (AvgIpc) is 2.47. The van der Waals surface area contributed by atoms with Gasteiger partial charge in [-0.15, -0.1) is 0 Å². The minimum atomic E-state index is -0.0536. The molecule has 0 aliphatic rings. The van der Waals surface area contributed by atoms with Crippen LogP contribution in [0.3, 0.4) is 0 Å². The first-order valence-corrected chi connectivity index (χ1v) is 6.88. The van der Waals surface area contributed by atoms with Crippen LogP contribution in [0.5, 0.6) is 5.75 Å². The molecule has 0 bridgehead atoms. The molecule has 0 radical (unpaired) electrons. The van der Waals surface area contributed by atoms with Crippen molar-refractivity contribution in [3.63, 3.8) is 0 Å². The number of carbonyl (C=O) groups is 1. The lowest BCUT2D eigenvalue weighted by Gasteiger charge is -2.11. The number of anilines is 2. The lowest BCUT2D eigenvalue weighted by atomic mass is 10.1. The zero-order valence-corrected chi connectivity index (χ0v) is 12.3. The first-order chi connectivity index (χ1) is 10.1. The predicted octanol–water partition coefficient (Wildman–Crippen LogP) is 3.16. The van der Waals surface area contributed by atoms with E-state index in [1.54, 1.807) is 7.11 Å². The molecule has 0 heterocycles.